The van der Waals surface area contributed by atoms with Crippen molar-refractivity contribution in [2.45, 2.75) is 51.0 Å². The summed E-state index contributed by atoms with van der Waals surface area (Å²) in [4.78, 5) is 25.4. The summed E-state index contributed by atoms with van der Waals surface area (Å²) in [6.45, 7) is 0.702. The second kappa shape index (κ2) is 6.37. The molecule has 2 fully saturated rings. The number of hydrogen-bond donors (Lipinski definition) is 2. The van der Waals surface area contributed by atoms with Crippen LogP contribution in [0.25, 0.3) is 0 Å². The maximum Gasteiger partial charge on any atom is 0.306 e. The highest BCUT2D eigenvalue weighted by atomic mass is 16.4. The van der Waals surface area contributed by atoms with Crippen LogP contribution in [-0.4, -0.2) is 46.2 Å². The normalized spacial score (nSPS) is 27.0. The lowest BCUT2D eigenvalue weighted by atomic mass is 9.90. The lowest BCUT2D eigenvalue weighted by Gasteiger charge is -2.39. The van der Waals surface area contributed by atoms with Crippen molar-refractivity contribution in [1.29, 1.82) is 0 Å². The molecule has 2 rings (SSSR count). The van der Waals surface area contributed by atoms with E-state index in [0.717, 1.165) is 19.3 Å². The standard InChI is InChI=1S/C14H23NO4/c16-8-2-7-15(12-3-1-4-12)13(17)10-5-6-11(9-10)14(18)19/h10-12,16H,1-9H2,(H,18,19)/t10-,11+/m1/s1. The molecule has 0 aromatic carbocycles. The van der Waals surface area contributed by atoms with Gasteiger partial charge >= 0.3 is 5.97 Å². The van der Waals surface area contributed by atoms with Gasteiger partial charge in [0.25, 0.3) is 0 Å². The molecule has 0 unspecified atom stereocenters. The van der Waals surface area contributed by atoms with Crippen LogP contribution in [0.2, 0.25) is 0 Å². The number of amides is 1. The van der Waals surface area contributed by atoms with E-state index in [-0.39, 0.29) is 24.3 Å². The molecule has 2 aliphatic rings. The largest absolute Gasteiger partial charge is 0.481 e. The summed E-state index contributed by atoms with van der Waals surface area (Å²) in [5.74, 6) is -1.14. The van der Waals surface area contributed by atoms with Gasteiger partial charge in [-0.05, 0) is 44.9 Å². The fourth-order valence-electron chi connectivity index (χ4n) is 3.08. The summed E-state index contributed by atoms with van der Waals surface area (Å²) in [7, 11) is 0. The van der Waals surface area contributed by atoms with Gasteiger partial charge in [-0.3, -0.25) is 9.59 Å². The van der Waals surface area contributed by atoms with Crippen molar-refractivity contribution >= 4 is 11.9 Å². The highest BCUT2D eigenvalue weighted by molar-refractivity contribution is 5.81. The fraction of sp³-hybridized carbons (Fsp3) is 0.857. The van der Waals surface area contributed by atoms with E-state index in [1.165, 1.54) is 0 Å². The predicted octanol–water partition coefficient (Wildman–Crippen LogP) is 1.25. The Morgan fingerprint density at radius 3 is 2.26 bits per heavy atom. The highest BCUT2D eigenvalue weighted by Crippen LogP contribution is 2.34. The minimum absolute atomic E-state index is 0.0961. The Balaban J connectivity index is 1.93. The number of nitrogens with zero attached hydrogens (tertiary/aromatic N) is 1. The number of carboxylic acid groups (broad SMARTS) is 1. The van der Waals surface area contributed by atoms with Gasteiger partial charge in [0.1, 0.15) is 0 Å². The van der Waals surface area contributed by atoms with E-state index in [9.17, 15) is 9.59 Å². The van der Waals surface area contributed by atoms with Crippen LogP contribution in [0.5, 0.6) is 0 Å². The third kappa shape index (κ3) is 3.26. The van der Waals surface area contributed by atoms with Gasteiger partial charge in [-0.1, -0.05) is 0 Å². The summed E-state index contributed by atoms with van der Waals surface area (Å²) in [5.41, 5.74) is 0. The zero-order valence-corrected chi connectivity index (χ0v) is 11.3. The Hall–Kier alpha value is -1.10. The lowest BCUT2D eigenvalue weighted by Crippen LogP contribution is -2.47. The molecule has 1 amide bonds. The molecular weight excluding hydrogens is 246 g/mol. The predicted molar refractivity (Wildman–Crippen MR) is 69.5 cm³/mol. The SMILES string of the molecule is O=C(O)[C@H]1CC[C@@H](C(=O)N(CCCO)C2CCC2)C1. The molecule has 5 nitrogen and oxygen atoms in total. The first-order valence-corrected chi connectivity index (χ1v) is 7.27. The molecule has 0 radical (unpaired) electrons. The number of carboxylic acids is 1. The molecule has 2 saturated carbocycles. The molecule has 108 valence electrons. The number of aliphatic carboxylic acids is 1. The van der Waals surface area contributed by atoms with Crippen molar-refractivity contribution in [1.82, 2.24) is 4.90 Å². The van der Waals surface area contributed by atoms with E-state index < -0.39 is 5.97 Å². The zero-order valence-electron chi connectivity index (χ0n) is 11.3. The summed E-state index contributed by atoms with van der Waals surface area (Å²) in [6.07, 6.45) is 5.66. The summed E-state index contributed by atoms with van der Waals surface area (Å²) >= 11 is 0. The molecule has 0 spiro atoms. The van der Waals surface area contributed by atoms with Gasteiger partial charge in [0.2, 0.25) is 5.91 Å². The van der Waals surface area contributed by atoms with Crippen LogP contribution in [0.4, 0.5) is 0 Å². The quantitative estimate of drug-likeness (QED) is 0.760. The van der Waals surface area contributed by atoms with Crippen LogP contribution >= 0.6 is 0 Å². The third-order valence-corrected chi connectivity index (χ3v) is 4.49. The molecule has 0 aromatic heterocycles. The molecule has 0 aliphatic heterocycles. The first-order valence-electron chi connectivity index (χ1n) is 7.27. The van der Waals surface area contributed by atoms with Crippen molar-refractivity contribution in [3.8, 4) is 0 Å². The van der Waals surface area contributed by atoms with Crippen molar-refractivity contribution in [3.05, 3.63) is 0 Å². The van der Waals surface area contributed by atoms with Crippen molar-refractivity contribution in [3.63, 3.8) is 0 Å². The van der Waals surface area contributed by atoms with E-state index in [1.807, 2.05) is 4.90 Å². The molecule has 0 aromatic rings. The maximum atomic E-state index is 12.5. The van der Waals surface area contributed by atoms with Gasteiger partial charge in [-0.25, -0.2) is 0 Å². The van der Waals surface area contributed by atoms with Crippen molar-refractivity contribution in [2.24, 2.45) is 11.8 Å². The summed E-state index contributed by atoms with van der Waals surface area (Å²) in [6, 6.07) is 0.322. The number of aliphatic hydroxyl groups excluding tert-OH is 1. The molecule has 2 atom stereocenters. The van der Waals surface area contributed by atoms with Crippen molar-refractivity contribution in [2.75, 3.05) is 13.2 Å². The minimum atomic E-state index is -0.777. The highest BCUT2D eigenvalue weighted by Gasteiger charge is 2.38. The fourth-order valence-corrected chi connectivity index (χ4v) is 3.08. The lowest BCUT2D eigenvalue weighted by molar-refractivity contribution is -0.142. The molecular formula is C14H23NO4. The number of carbonyl (C=O) groups is 2. The molecule has 2 aliphatic carbocycles. The number of hydrogen-bond acceptors (Lipinski definition) is 3. The Morgan fingerprint density at radius 2 is 1.79 bits per heavy atom. The molecule has 0 bridgehead atoms. The van der Waals surface area contributed by atoms with Gasteiger partial charge in [0, 0.05) is 25.1 Å². The van der Waals surface area contributed by atoms with Crippen molar-refractivity contribution < 1.29 is 19.8 Å². The van der Waals surface area contributed by atoms with E-state index >= 15 is 0 Å². The van der Waals surface area contributed by atoms with Crippen LogP contribution in [0.3, 0.4) is 0 Å². The van der Waals surface area contributed by atoms with Gasteiger partial charge in [0.05, 0.1) is 5.92 Å². The molecule has 19 heavy (non-hydrogen) atoms. The second-order valence-corrected chi connectivity index (χ2v) is 5.74. The molecule has 0 saturated heterocycles. The Morgan fingerprint density at radius 1 is 1.11 bits per heavy atom. The number of carbonyl (C=O) groups excluding carboxylic acids is 1. The zero-order chi connectivity index (χ0) is 13.8. The second-order valence-electron chi connectivity index (χ2n) is 5.74. The Labute approximate surface area is 113 Å². The van der Waals surface area contributed by atoms with Crippen LogP contribution in [0, 0.1) is 11.8 Å². The van der Waals surface area contributed by atoms with E-state index in [2.05, 4.69) is 0 Å². The van der Waals surface area contributed by atoms with Gasteiger partial charge in [-0.2, -0.15) is 0 Å². The number of aliphatic hydroxyl groups is 1. The summed E-state index contributed by atoms with van der Waals surface area (Å²) in [5, 5.41) is 17.9. The third-order valence-electron chi connectivity index (χ3n) is 4.49. The summed E-state index contributed by atoms with van der Waals surface area (Å²) < 4.78 is 0. The first kappa shape index (κ1) is 14.3. The maximum absolute atomic E-state index is 12.5. The van der Waals surface area contributed by atoms with Crippen LogP contribution in [-0.2, 0) is 9.59 Å². The molecule has 0 heterocycles. The van der Waals surface area contributed by atoms with E-state index in [0.29, 0.717) is 38.3 Å². The average Bonchev–Trinajstić information content (AvgIpc) is 2.80. The monoisotopic (exact) mass is 269 g/mol. The van der Waals surface area contributed by atoms with E-state index in [4.69, 9.17) is 10.2 Å². The molecule has 2 N–H and O–H groups in total. The van der Waals surface area contributed by atoms with E-state index in [1.54, 1.807) is 0 Å². The number of rotatable bonds is 6. The van der Waals surface area contributed by atoms with Crippen LogP contribution in [0.15, 0.2) is 0 Å². The Kier molecular flexibility index (Phi) is 4.80. The average molecular weight is 269 g/mol. The first-order chi connectivity index (χ1) is 9.13. The van der Waals surface area contributed by atoms with Crippen LogP contribution < -0.4 is 0 Å². The topological polar surface area (TPSA) is 77.8 Å². The van der Waals surface area contributed by atoms with Gasteiger partial charge in [-0.15, -0.1) is 0 Å². The van der Waals surface area contributed by atoms with Gasteiger partial charge < -0.3 is 15.1 Å². The van der Waals surface area contributed by atoms with Gasteiger partial charge in [0.15, 0.2) is 0 Å². The molecule has 5 heteroatoms. The minimum Gasteiger partial charge on any atom is -0.481 e. The van der Waals surface area contributed by atoms with Crippen LogP contribution in [0.1, 0.15) is 44.9 Å². The smallest absolute Gasteiger partial charge is 0.306 e. The Bertz CT molecular complexity index is 340.